The number of nitriles is 1. The third kappa shape index (κ3) is 2.63. The number of nitrogens with zero attached hydrogens (tertiary/aromatic N) is 2. The van der Waals surface area contributed by atoms with Crippen LogP contribution in [0.3, 0.4) is 0 Å². The first-order valence-corrected chi connectivity index (χ1v) is 4.49. The van der Waals surface area contributed by atoms with Crippen molar-refractivity contribution in [1.82, 2.24) is 4.90 Å². The lowest BCUT2D eigenvalue weighted by Gasteiger charge is -2.32. The minimum atomic E-state index is -2.78. The van der Waals surface area contributed by atoms with Crippen LogP contribution in [0, 0.1) is 17.2 Å². The van der Waals surface area contributed by atoms with Gasteiger partial charge in [0.1, 0.15) is 0 Å². The normalized spacial score (nSPS) is 21.4. The highest BCUT2D eigenvalue weighted by Gasteiger charge is 2.40. The predicted molar refractivity (Wildman–Crippen MR) is 45.4 cm³/mol. The van der Waals surface area contributed by atoms with Crippen molar-refractivity contribution < 1.29 is 8.78 Å². The number of likely N-dealkylation sites (tertiary alicyclic amines) is 1. The molecule has 1 aliphatic rings. The fourth-order valence-electron chi connectivity index (χ4n) is 1.68. The Balaban J connectivity index is 2.48. The van der Waals surface area contributed by atoms with E-state index in [0.717, 1.165) is 0 Å². The van der Waals surface area contributed by atoms with Crippen LogP contribution in [-0.2, 0) is 0 Å². The number of halogens is 2. The fourth-order valence-corrected chi connectivity index (χ4v) is 1.68. The molecular formula is C9H14F2N2. The van der Waals surface area contributed by atoms with Crippen molar-refractivity contribution in [3.63, 3.8) is 0 Å². The minimum absolute atomic E-state index is 0.505. The van der Waals surface area contributed by atoms with Gasteiger partial charge in [0.25, 0.3) is 5.92 Å². The smallest absolute Gasteiger partial charge is 0.263 e. The van der Waals surface area contributed by atoms with Gasteiger partial charge in [-0.15, -0.1) is 0 Å². The van der Waals surface area contributed by atoms with Gasteiger partial charge in [-0.3, -0.25) is 0 Å². The summed E-state index contributed by atoms with van der Waals surface area (Å²) in [6.07, 6.45) is 0.373. The molecule has 1 rings (SSSR count). The van der Waals surface area contributed by atoms with Crippen molar-refractivity contribution in [2.45, 2.75) is 25.2 Å². The van der Waals surface area contributed by atoms with Crippen LogP contribution in [0.25, 0.3) is 0 Å². The first-order valence-electron chi connectivity index (χ1n) is 4.49. The lowest BCUT2D eigenvalue weighted by Crippen LogP contribution is -2.38. The Morgan fingerprint density at radius 2 is 2.00 bits per heavy atom. The summed E-state index contributed by atoms with van der Waals surface area (Å²) in [6, 6.07) is 1.55. The van der Waals surface area contributed by atoms with Gasteiger partial charge in [-0.05, 0) is 33.0 Å². The molecule has 1 saturated heterocycles. The molecule has 4 heteroatoms. The molecule has 0 aromatic rings. The molecule has 0 spiro atoms. The highest BCUT2D eigenvalue weighted by molar-refractivity contribution is 4.89. The van der Waals surface area contributed by atoms with Crippen molar-refractivity contribution >= 4 is 0 Å². The van der Waals surface area contributed by atoms with E-state index in [2.05, 4.69) is 0 Å². The highest BCUT2D eigenvalue weighted by Crippen LogP contribution is 2.34. The van der Waals surface area contributed by atoms with Crippen LogP contribution in [0.5, 0.6) is 0 Å². The number of hydrogen-bond donors (Lipinski definition) is 0. The molecule has 0 radical (unpaired) electrons. The first kappa shape index (κ1) is 10.4. The summed E-state index contributed by atoms with van der Waals surface area (Å²) >= 11 is 0. The molecule has 0 amide bonds. The van der Waals surface area contributed by atoms with Crippen molar-refractivity contribution in [2.75, 3.05) is 20.1 Å². The van der Waals surface area contributed by atoms with E-state index in [9.17, 15) is 8.78 Å². The van der Waals surface area contributed by atoms with Gasteiger partial charge in [0.05, 0.1) is 12.5 Å². The molecule has 0 N–H and O–H groups in total. The van der Waals surface area contributed by atoms with Crippen LogP contribution in [0.1, 0.15) is 19.3 Å². The van der Waals surface area contributed by atoms with E-state index in [4.69, 9.17) is 5.26 Å². The maximum absolute atomic E-state index is 13.2. The zero-order valence-electron chi connectivity index (χ0n) is 7.76. The second-order valence-corrected chi connectivity index (χ2v) is 3.67. The van der Waals surface area contributed by atoms with E-state index >= 15 is 0 Å². The highest BCUT2D eigenvalue weighted by atomic mass is 19.3. The average Bonchev–Trinajstić information content (AvgIpc) is 2.05. The lowest BCUT2D eigenvalue weighted by atomic mass is 9.89. The molecule has 0 aromatic carbocycles. The largest absolute Gasteiger partial charge is 0.306 e. The van der Waals surface area contributed by atoms with Crippen LogP contribution in [0.4, 0.5) is 8.78 Å². The first-order chi connectivity index (χ1) is 6.06. The molecule has 1 heterocycles. The van der Waals surface area contributed by atoms with E-state index in [1.807, 2.05) is 11.9 Å². The molecule has 74 valence electrons. The molecule has 0 unspecified atom stereocenters. The van der Waals surface area contributed by atoms with Gasteiger partial charge >= 0.3 is 0 Å². The third-order valence-electron chi connectivity index (χ3n) is 2.63. The van der Waals surface area contributed by atoms with E-state index in [-0.39, 0.29) is 0 Å². The number of rotatable bonds is 2. The molecule has 1 aliphatic heterocycles. The van der Waals surface area contributed by atoms with Crippen molar-refractivity contribution in [3.8, 4) is 6.07 Å². The maximum atomic E-state index is 13.2. The summed E-state index contributed by atoms with van der Waals surface area (Å²) in [5, 5.41) is 8.24. The molecule has 0 bridgehead atoms. The van der Waals surface area contributed by atoms with E-state index in [1.54, 1.807) is 6.07 Å². The molecule has 2 nitrogen and oxygen atoms in total. The summed E-state index contributed by atoms with van der Waals surface area (Å²) in [7, 11) is 1.93. The lowest BCUT2D eigenvalue weighted by molar-refractivity contribution is -0.0724. The molecule has 0 atom stereocenters. The Morgan fingerprint density at radius 3 is 2.46 bits per heavy atom. The Bertz CT molecular complexity index is 202. The predicted octanol–water partition coefficient (Wildman–Crippen LogP) is 1.88. The number of alkyl halides is 2. The van der Waals surface area contributed by atoms with Crippen LogP contribution >= 0.6 is 0 Å². The van der Waals surface area contributed by atoms with Crippen LogP contribution in [0.2, 0.25) is 0 Å². The molecule has 0 aliphatic carbocycles. The van der Waals surface area contributed by atoms with Gasteiger partial charge in [0.15, 0.2) is 0 Å². The summed E-state index contributed by atoms with van der Waals surface area (Å²) < 4.78 is 26.4. The number of piperidine rings is 1. The van der Waals surface area contributed by atoms with Crippen molar-refractivity contribution in [1.29, 1.82) is 5.26 Å². The van der Waals surface area contributed by atoms with Gasteiger partial charge in [-0.25, -0.2) is 8.78 Å². The van der Waals surface area contributed by atoms with Gasteiger partial charge < -0.3 is 4.90 Å². The molecule has 0 saturated carbocycles. The SMILES string of the molecule is CN1CCC(C(F)(F)CC#N)CC1. The minimum Gasteiger partial charge on any atom is -0.306 e. The topological polar surface area (TPSA) is 27.0 Å². The van der Waals surface area contributed by atoms with E-state index < -0.39 is 18.3 Å². The Morgan fingerprint density at radius 1 is 1.46 bits per heavy atom. The van der Waals surface area contributed by atoms with E-state index in [1.165, 1.54) is 0 Å². The molecular weight excluding hydrogens is 174 g/mol. The average molecular weight is 188 g/mol. The summed E-state index contributed by atoms with van der Waals surface area (Å²) in [6.45, 7) is 1.43. The second kappa shape index (κ2) is 4.01. The number of hydrogen-bond acceptors (Lipinski definition) is 2. The zero-order chi connectivity index (χ0) is 9.90. The molecule has 13 heavy (non-hydrogen) atoms. The third-order valence-corrected chi connectivity index (χ3v) is 2.63. The van der Waals surface area contributed by atoms with Gasteiger partial charge in [0, 0.05) is 5.92 Å². The monoisotopic (exact) mass is 188 g/mol. The second-order valence-electron chi connectivity index (χ2n) is 3.67. The van der Waals surface area contributed by atoms with Gasteiger partial charge in [0.2, 0.25) is 0 Å². The summed E-state index contributed by atoms with van der Waals surface area (Å²) in [4.78, 5) is 2.04. The summed E-state index contributed by atoms with van der Waals surface area (Å²) in [5.74, 6) is -3.38. The van der Waals surface area contributed by atoms with E-state index in [0.29, 0.717) is 25.9 Å². The van der Waals surface area contributed by atoms with Gasteiger partial charge in [-0.1, -0.05) is 0 Å². The Labute approximate surface area is 77.1 Å². The van der Waals surface area contributed by atoms with Gasteiger partial charge in [-0.2, -0.15) is 5.26 Å². The van der Waals surface area contributed by atoms with Crippen LogP contribution in [-0.4, -0.2) is 31.0 Å². The quantitative estimate of drug-likeness (QED) is 0.661. The summed E-state index contributed by atoms with van der Waals surface area (Å²) in [5.41, 5.74) is 0. The van der Waals surface area contributed by atoms with Crippen molar-refractivity contribution in [2.24, 2.45) is 5.92 Å². The zero-order valence-corrected chi connectivity index (χ0v) is 7.76. The molecule has 1 fully saturated rings. The standard InChI is InChI=1S/C9H14F2N2/c1-13-6-2-8(3-7-13)9(10,11)4-5-12/h8H,2-4,6-7H2,1H3. The maximum Gasteiger partial charge on any atom is 0.263 e. The fraction of sp³-hybridized carbons (Fsp3) is 0.889. The van der Waals surface area contributed by atoms with Crippen LogP contribution < -0.4 is 0 Å². The van der Waals surface area contributed by atoms with Crippen LogP contribution in [0.15, 0.2) is 0 Å². The Kier molecular flexibility index (Phi) is 3.21. The molecule has 0 aromatic heterocycles. The Hall–Kier alpha value is -0.690. The van der Waals surface area contributed by atoms with Crippen molar-refractivity contribution in [3.05, 3.63) is 0 Å².